The van der Waals surface area contributed by atoms with Gasteiger partial charge in [-0.3, -0.25) is 14.4 Å². The number of carbonyl (C=O) groups excluding carboxylic acids is 4. The molecule has 0 saturated heterocycles. The van der Waals surface area contributed by atoms with E-state index in [2.05, 4.69) is 5.32 Å². The lowest BCUT2D eigenvalue weighted by Crippen LogP contribution is -2.38. The number of halogens is 1. The van der Waals surface area contributed by atoms with E-state index in [0.29, 0.717) is 5.75 Å². The van der Waals surface area contributed by atoms with E-state index in [0.717, 1.165) is 6.07 Å². The van der Waals surface area contributed by atoms with Gasteiger partial charge in [0.25, 0.3) is 5.91 Å². The van der Waals surface area contributed by atoms with Crippen molar-refractivity contribution < 1.29 is 33.0 Å². The van der Waals surface area contributed by atoms with Gasteiger partial charge >= 0.3 is 5.97 Å². The molecule has 3 aromatic carbocycles. The number of esters is 1. The van der Waals surface area contributed by atoms with Crippen molar-refractivity contribution in [3.63, 3.8) is 0 Å². The highest BCUT2D eigenvalue weighted by molar-refractivity contribution is 6.45. The van der Waals surface area contributed by atoms with Crippen LogP contribution in [0.1, 0.15) is 32.4 Å². The van der Waals surface area contributed by atoms with Crippen molar-refractivity contribution in [3.8, 4) is 5.75 Å². The van der Waals surface area contributed by atoms with Crippen LogP contribution in [0.25, 0.3) is 0 Å². The molecule has 1 heterocycles. The second kappa shape index (κ2) is 9.04. The molecule has 0 spiro atoms. The van der Waals surface area contributed by atoms with Crippen LogP contribution in [0.4, 0.5) is 10.1 Å². The van der Waals surface area contributed by atoms with Gasteiger partial charge in [-0.2, -0.15) is 0 Å². The largest absolute Gasteiger partial charge is 0.497 e. The number of hydrogen-bond acceptors (Lipinski definition) is 6. The molecule has 7 nitrogen and oxygen atoms in total. The van der Waals surface area contributed by atoms with Crippen LogP contribution in [0.3, 0.4) is 0 Å². The predicted octanol–water partition coefficient (Wildman–Crippen LogP) is 3.75. The Balaban J connectivity index is 1.72. The number of methoxy groups -OCH3 is 1. The van der Waals surface area contributed by atoms with Crippen LogP contribution in [0, 0.1) is 11.7 Å². The van der Waals surface area contributed by atoms with E-state index in [9.17, 15) is 23.6 Å². The zero-order valence-electron chi connectivity index (χ0n) is 17.4. The number of ether oxygens (including phenoxy) is 2. The third-order valence-electron chi connectivity index (χ3n) is 5.28. The summed E-state index contributed by atoms with van der Waals surface area (Å²) in [5, 5.41) is 2.42. The van der Waals surface area contributed by atoms with E-state index in [1.165, 1.54) is 49.6 Å². The first kappa shape index (κ1) is 21.9. The molecule has 0 bridgehead atoms. The molecule has 166 valence electrons. The Labute approximate surface area is 188 Å². The van der Waals surface area contributed by atoms with Crippen molar-refractivity contribution in [3.05, 3.63) is 95.3 Å². The maximum Gasteiger partial charge on any atom is 0.339 e. The molecular weight excluding hydrogens is 429 g/mol. The van der Waals surface area contributed by atoms with Crippen LogP contribution in [0.15, 0.2) is 72.8 Å². The van der Waals surface area contributed by atoms with E-state index < -0.39 is 41.3 Å². The van der Waals surface area contributed by atoms with Gasteiger partial charge in [-0.05, 0) is 30.3 Å². The van der Waals surface area contributed by atoms with Crippen LogP contribution in [0.2, 0.25) is 0 Å². The van der Waals surface area contributed by atoms with Crippen molar-refractivity contribution in [2.45, 2.75) is 6.10 Å². The zero-order chi connectivity index (χ0) is 23.5. The molecule has 4 rings (SSSR count). The molecule has 1 amide bonds. The van der Waals surface area contributed by atoms with Crippen LogP contribution in [-0.4, -0.2) is 30.6 Å². The fourth-order valence-corrected chi connectivity index (χ4v) is 3.68. The molecule has 33 heavy (non-hydrogen) atoms. The Kier molecular flexibility index (Phi) is 5.99. The van der Waals surface area contributed by atoms with Crippen LogP contribution < -0.4 is 10.1 Å². The maximum atomic E-state index is 14.4. The van der Waals surface area contributed by atoms with Gasteiger partial charge in [0, 0.05) is 17.3 Å². The summed E-state index contributed by atoms with van der Waals surface area (Å²) >= 11 is 0. The van der Waals surface area contributed by atoms with E-state index in [1.54, 1.807) is 24.3 Å². The topological polar surface area (TPSA) is 98.8 Å². The van der Waals surface area contributed by atoms with E-state index in [4.69, 9.17) is 9.47 Å². The van der Waals surface area contributed by atoms with E-state index in [-0.39, 0.29) is 22.4 Å². The summed E-state index contributed by atoms with van der Waals surface area (Å²) in [5.41, 5.74) is 0.327. The number of fused-ring (bicyclic) bond motifs is 1. The maximum absolute atomic E-state index is 14.4. The Bertz CT molecular complexity index is 1270. The minimum atomic E-state index is -1.78. The van der Waals surface area contributed by atoms with Crippen LogP contribution >= 0.6 is 0 Å². The molecule has 3 aromatic rings. The highest BCUT2D eigenvalue weighted by Crippen LogP contribution is 2.38. The molecule has 8 heteroatoms. The van der Waals surface area contributed by atoms with Gasteiger partial charge in [0.15, 0.2) is 5.78 Å². The number of ketones is 2. The van der Waals surface area contributed by atoms with Crippen molar-refractivity contribution in [1.82, 2.24) is 0 Å². The lowest BCUT2D eigenvalue weighted by atomic mass is 9.84. The molecule has 2 atom stereocenters. The van der Waals surface area contributed by atoms with Crippen LogP contribution in [-0.2, 0) is 14.3 Å². The minimum Gasteiger partial charge on any atom is -0.497 e. The zero-order valence-corrected chi connectivity index (χ0v) is 17.4. The summed E-state index contributed by atoms with van der Waals surface area (Å²) in [6.07, 6.45) is -1.37. The van der Waals surface area contributed by atoms with Crippen LogP contribution in [0.5, 0.6) is 5.75 Å². The predicted molar refractivity (Wildman–Crippen MR) is 115 cm³/mol. The highest BCUT2D eigenvalue weighted by Gasteiger charge is 2.46. The normalized spacial score (nSPS) is 15.2. The van der Waals surface area contributed by atoms with Crippen molar-refractivity contribution in [1.29, 1.82) is 0 Å². The fraction of sp³-hybridized carbons (Fsp3) is 0.120. The Morgan fingerprint density at radius 2 is 1.73 bits per heavy atom. The lowest BCUT2D eigenvalue weighted by Gasteiger charge is -2.21. The van der Waals surface area contributed by atoms with Crippen molar-refractivity contribution in [2.24, 2.45) is 5.92 Å². The molecule has 0 radical (unpaired) electrons. The van der Waals surface area contributed by atoms with Gasteiger partial charge in [0.1, 0.15) is 23.6 Å². The lowest BCUT2D eigenvalue weighted by molar-refractivity contribution is -0.138. The summed E-state index contributed by atoms with van der Waals surface area (Å²) in [4.78, 5) is 51.7. The van der Waals surface area contributed by atoms with Gasteiger partial charge in [0.2, 0.25) is 5.78 Å². The molecule has 0 aromatic heterocycles. The quantitative estimate of drug-likeness (QED) is 0.256. The smallest absolute Gasteiger partial charge is 0.339 e. The average molecular weight is 447 g/mol. The fourth-order valence-electron chi connectivity index (χ4n) is 3.68. The highest BCUT2D eigenvalue weighted by atomic mass is 19.1. The molecule has 0 saturated carbocycles. The molecule has 1 aliphatic heterocycles. The third kappa shape index (κ3) is 4.23. The van der Waals surface area contributed by atoms with Gasteiger partial charge in [-0.25, -0.2) is 9.18 Å². The first-order valence-electron chi connectivity index (χ1n) is 9.98. The third-order valence-corrected chi connectivity index (χ3v) is 5.28. The summed E-state index contributed by atoms with van der Waals surface area (Å²) in [6.45, 7) is 0. The number of cyclic esters (lactones) is 1. The number of amides is 1. The number of anilines is 1. The van der Waals surface area contributed by atoms with Crippen molar-refractivity contribution in [2.75, 3.05) is 12.4 Å². The Morgan fingerprint density at radius 1 is 1.00 bits per heavy atom. The monoisotopic (exact) mass is 447 g/mol. The summed E-state index contributed by atoms with van der Waals surface area (Å²) in [5.74, 6) is -6.17. The Morgan fingerprint density at radius 3 is 2.48 bits per heavy atom. The molecule has 1 N–H and O–H groups in total. The Hall–Kier alpha value is -4.33. The number of benzene rings is 3. The minimum absolute atomic E-state index is 0.176. The number of Topliss-reactive ketones (excluding diaryl/α,β-unsaturated/α-hetero) is 2. The summed E-state index contributed by atoms with van der Waals surface area (Å²) in [7, 11) is 1.45. The second-order valence-corrected chi connectivity index (χ2v) is 7.29. The number of rotatable bonds is 7. The molecule has 0 aliphatic carbocycles. The number of nitrogens with one attached hydrogen (secondary N) is 1. The number of carbonyl (C=O) groups is 4. The van der Waals surface area contributed by atoms with E-state index in [1.807, 2.05) is 0 Å². The molecule has 0 unspecified atom stereocenters. The van der Waals surface area contributed by atoms with Gasteiger partial charge in [-0.1, -0.05) is 36.4 Å². The number of hydrogen-bond donors (Lipinski definition) is 1. The second-order valence-electron chi connectivity index (χ2n) is 7.29. The van der Waals surface area contributed by atoms with Gasteiger partial charge in [-0.15, -0.1) is 0 Å². The summed E-state index contributed by atoms with van der Waals surface area (Å²) < 4.78 is 24.8. The van der Waals surface area contributed by atoms with Gasteiger partial charge < -0.3 is 14.8 Å². The molecular formula is C25H18FNO6. The first-order chi connectivity index (χ1) is 15.9. The van der Waals surface area contributed by atoms with Crippen molar-refractivity contribution >= 4 is 29.1 Å². The van der Waals surface area contributed by atoms with Gasteiger partial charge in [0.05, 0.1) is 18.2 Å². The SMILES string of the molecule is COc1cccc(NC(=O)C(=O)[C@@H](C(=O)c2ccccc2F)[C@H]2OC(=O)c3ccccc32)c1. The van der Waals surface area contributed by atoms with E-state index >= 15 is 0 Å². The first-order valence-corrected chi connectivity index (χ1v) is 9.98. The standard InChI is InChI=1S/C25H18FNO6/c1-32-15-8-6-7-14(13-15)27-24(30)22(29)20(21(28)18-11-4-5-12-19(18)26)23-16-9-2-3-10-17(16)25(31)33-23/h2-13,20,23H,1H3,(H,27,30)/t20-,23+/m1/s1. The molecule has 0 fully saturated rings. The molecule has 1 aliphatic rings. The average Bonchev–Trinajstić information content (AvgIpc) is 3.15. The summed E-state index contributed by atoms with van der Waals surface area (Å²) in [6, 6.07) is 17.6.